The van der Waals surface area contributed by atoms with Crippen LogP contribution in [-0.4, -0.2) is 24.1 Å². The first kappa shape index (κ1) is 19.1. The molecule has 0 saturated carbocycles. The van der Waals surface area contributed by atoms with Crippen LogP contribution < -0.4 is 5.56 Å². The van der Waals surface area contributed by atoms with Gasteiger partial charge in [0.05, 0.1) is 11.4 Å². The fraction of sp³-hybridized carbons (Fsp3) is 0.130. The number of hydrogen-bond donors (Lipinski definition) is 1. The van der Waals surface area contributed by atoms with E-state index in [9.17, 15) is 13.2 Å². The van der Waals surface area contributed by atoms with Crippen LogP contribution >= 0.6 is 0 Å². The average Bonchev–Trinajstić information content (AvgIpc) is 2.73. The zero-order valence-corrected chi connectivity index (χ0v) is 16.5. The normalized spacial score (nSPS) is 11.6. The maximum atomic E-state index is 12.7. The molecule has 0 atom stereocenters. The predicted molar refractivity (Wildman–Crippen MR) is 114 cm³/mol. The molecule has 0 aliphatic heterocycles. The first-order chi connectivity index (χ1) is 14.0. The van der Waals surface area contributed by atoms with Crippen LogP contribution in [0.5, 0.6) is 0 Å². The third kappa shape index (κ3) is 4.43. The summed E-state index contributed by atoms with van der Waals surface area (Å²) >= 11 is 0. The molecule has 0 aliphatic rings. The van der Waals surface area contributed by atoms with Crippen LogP contribution in [0.1, 0.15) is 16.8 Å². The van der Waals surface area contributed by atoms with Crippen LogP contribution in [0.15, 0.2) is 88.8 Å². The van der Waals surface area contributed by atoms with Crippen molar-refractivity contribution >= 4 is 20.6 Å². The van der Waals surface area contributed by atoms with Crippen molar-refractivity contribution in [3.8, 4) is 0 Å². The minimum Gasteiger partial charge on any atom is -0.297 e. The van der Waals surface area contributed by atoms with Gasteiger partial charge < -0.3 is 0 Å². The summed E-state index contributed by atoms with van der Waals surface area (Å²) in [4.78, 5) is 18.8. The summed E-state index contributed by atoms with van der Waals surface area (Å²) in [5, 5.41) is 1.88. The number of sulfone groups is 1. The molecule has 0 saturated heterocycles. The molecule has 4 aromatic rings. The molecule has 1 aromatic heterocycles. The van der Waals surface area contributed by atoms with Gasteiger partial charge in [0.1, 0.15) is 0 Å². The number of H-pyrrole nitrogens is 1. The van der Waals surface area contributed by atoms with Crippen molar-refractivity contribution in [3.63, 3.8) is 0 Å². The highest BCUT2D eigenvalue weighted by Gasteiger charge is 2.19. The van der Waals surface area contributed by atoms with Gasteiger partial charge in [0.2, 0.25) is 15.0 Å². The van der Waals surface area contributed by atoms with E-state index in [2.05, 4.69) is 9.97 Å². The summed E-state index contributed by atoms with van der Waals surface area (Å²) in [5.41, 5.74) is 1.89. The molecule has 0 radical (unpaired) electrons. The minimum absolute atomic E-state index is 0.113. The molecule has 146 valence electrons. The lowest BCUT2D eigenvalue weighted by molar-refractivity contribution is 0.584. The summed E-state index contributed by atoms with van der Waals surface area (Å²) in [6, 6.07) is 24.6. The Hall–Kier alpha value is -3.25. The highest BCUT2D eigenvalue weighted by Crippen LogP contribution is 2.20. The third-order valence-electron chi connectivity index (χ3n) is 4.82. The van der Waals surface area contributed by atoms with E-state index in [0.717, 1.165) is 21.9 Å². The number of hydrogen-bond acceptors (Lipinski definition) is 4. The summed E-state index contributed by atoms with van der Waals surface area (Å²) in [6.45, 7) is 0. The lowest BCUT2D eigenvalue weighted by atomic mass is 10.0. The van der Waals surface area contributed by atoms with Gasteiger partial charge in [0.25, 0.3) is 5.56 Å². The SMILES string of the molecule is O=c1cc(Cc2cccc3ccccc23)nc(S(=O)(=O)CCc2ccccc2)[nH]1. The average molecular weight is 404 g/mol. The summed E-state index contributed by atoms with van der Waals surface area (Å²) in [5.74, 6) is -0.113. The lowest BCUT2D eigenvalue weighted by Gasteiger charge is -2.08. The number of nitrogens with zero attached hydrogens (tertiary/aromatic N) is 1. The molecule has 1 heterocycles. The van der Waals surface area contributed by atoms with E-state index in [4.69, 9.17) is 0 Å². The van der Waals surface area contributed by atoms with Crippen LogP contribution in [-0.2, 0) is 22.7 Å². The summed E-state index contributed by atoms with van der Waals surface area (Å²) < 4.78 is 25.5. The zero-order chi connectivity index (χ0) is 20.3. The van der Waals surface area contributed by atoms with Gasteiger partial charge in [-0.25, -0.2) is 13.4 Å². The van der Waals surface area contributed by atoms with Gasteiger partial charge in [-0.15, -0.1) is 0 Å². The summed E-state index contributed by atoms with van der Waals surface area (Å²) in [7, 11) is -3.70. The van der Waals surface area contributed by atoms with Gasteiger partial charge in [-0.05, 0) is 28.3 Å². The van der Waals surface area contributed by atoms with Crippen LogP contribution in [0, 0.1) is 0 Å². The van der Waals surface area contributed by atoms with E-state index in [0.29, 0.717) is 18.5 Å². The van der Waals surface area contributed by atoms with Gasteiger partial charge in [0.15, 0.2) is 0 Å². The van der Waals surface area contributed by atoms with Crippen molar-refractivity contribution in [2.24, 2.45) is 0 Å². The molecule has 6 heteroatoms. The number of aromatic amines is 1. The fourth-order valence-corrected chi connectivity index (χ4v) is 4.57. The predicted octanol–water partition coefficient (Wildman–Crippen LogP) is 3.53. The van der Waals surface area contributed by atoms with Gasteiger partial charge >= 0.3 is 0 Å². The van der Waals surface area contributed by atoms with Crippen molar-refractivity contribution in [3.05, 3.63) is 106 Å². The van der Waals surface area contributed by atoms with Crippen LogP contribution in [0.25, 0.3) is 10.8 Å². The monoisotopic (exact) mass is 404 g/mol. The van der Waals surface area contributed by atoms with E-state index in [-0.39, 0.29) is 10.9 Å². The quantitative estimate of drug-likeness (QED) is 0.499. The van der Waals surface area contributed by atoms with Crippen LogP contribution in [0.4, 0.5) is 0 Å². The molecule has 29 heavy (non-hydrogen) atoms. The van der Waals surface area contributed by atoms with E-state index in [1.807, 2.05) is 72.8 Å². The molecule has 0 aliphatic carbocycles. The highest BCUT2D eigenvalue weighted by atomic mass is 32.2. The second kappa shape index (κ2) is 8.01. The Morgan fingerprint density at radius 3 is 2.41 bits per heavy atom. The second-order valence-corrected chi connectivity index (χ2v) is 8.94. The molecule has 0 unspecified atom stereocenters. The Bertz CT molecular complexity index is 1310. The number of aryl methyl sites for hydroxylation is 1. The molecule has 0 bridgehead atoms. The van der Waals surface area contributed by atoms with Gasteiger partial charge in [-0.2, -0.15) is 0 Å². The van der Waals surface area contributed by atoms with Crippen molar-refractivity contribution in [2.45, 2.75) is 18.0 Å². The molecular weight excluding hydrogens is 384 g/mol. The lowest BCUT2D eigenvalue weighted by Crippen LogP contribution is -2.19. The van der Waals surface area contributed by atoms with Gasteiger partial charge in [-0.3, -0.25) is 9.78 Å². The number of rotatable bonds is 6. The molecule has 5 nitrogen and oxygen atoms in total. The highest BCUT2D eigenvalue weighted by molar-refractivity contribution is 7.91. The molecule has 0 spiro atoms. The molecular formula is C23H20N2O3S. The Morgan fingerprint density at radius 1 is 0.862 bits per heavy atom. The Balaban J connectivity index is 1.63. The fourth-order valence-electron chi connectivity index (χ4n) is 3.36. The van der Waals surface area contributed by atoms with Crippen molar-refractivity contribution in [1.82, 2.24) is 9.97 Å². The molecule has 0 fully saturated rings. The topological polar surface area (TPSA) is 79.9 Å². The van der Waals surface area contributed by atoms with Crippen LogP contribution in [0.2, 0.25) is 0 Å². The smallest absolute Gasteiger partial charge is 0.251 e. The third-order valence-corrected chi connectivity index (χ3v) is 6.35. The van der Waals surface area contributed by atoms with Gasteiger partial charge in [0, 0.05) is 12.5 Å². The summed E-state index contributed by atoms with van der Waals surface area (Å²) in [6.07, 6.45) is 0.743. The Kier molecular flexibility index (Phi) is 5.27. The van der Waals surface area contributed by atoms with E-state index in [1.165, 1.54) is 6.07 Å². The number of aromatic nitrogens is 2. The molecule has 4 rings (SSSR count). The first-order valence-corrected chi connectivity index (χ1v) is 11.0. The Labute approximate surface area is 169 Å². The van der Waals surface area contributed by atoms with Crippen molar-refractivity contribution < 1.29 is 8.42 Å². The first-order valence-electron chi connectivity index (χ1n) is 9.35. The van der Waals surface area contributed by atoms with E-state index in [1.54, 1.807) is 0 Å². The van der Waals surface area contributed by atoms with Gasteiger partial charge in [-0.1, -0.05) is 72.8 Å². The van der Waals surface area contributed by atoms with E-state index < -0.39 is 15.4 Å². The largest absolute Gasteiger partial charge is 0.297 e. The minimum atomic E-state index is -3.70. The zero-order valence-electron chi connectivity index (χ0n) is 15.7. The number of benzene rings is 3. The maximum Gasteiger partial charge on any atom is 0.251 e. The second-order valence-electron chi connectivity index (χ2n) is 6.91. The number of fused-ring (bicyclic) bond motifs is 1. The molecule has 0 amide bonds. The Morgan fingerprint density at radius 2 is 1.59 bits per heavy atom. The standard InChI is InChI=1S/C23H20N2O3S/c26-22-16-20(15-19-11-6-10-18-9-4-5-12-21(18)19)24-23(25-22)29(27,28)14-13-17-7-2-1-3-8-17/h1-12,16H,13-15H2,(H,24,25,26). The van der Waals surface area contributed by atoms with Crippen molar-refractivity contribution in [1.29, 1.82) is 0 Å². The van der Waals surface area contributed by atoms with Crippen molar-refractivity contribution in [2.75, 3.05) is 5.75 Å². The van der Waals surface area contributed by atoms with E-state index >= 15 is 0 Å². The number of nitrogens with one attached hydrogen (secondary N) is 1. The molecule has 1 N–H and O–H groups in total. The maximum absolute atomic E-state index is 12.7. The van der Waals surface area contributed by atoms with Crippen LogP contribution in [0.3, 0.4) is 0 Å². The molecule has 3 aromatic carbocycles.